The Bertz CT molecular complexity index is 584. The van der Waals surface area contributed by atoms with Crippen LogP contribution in [-0.2, 0) is 6.42 Å². The van der Waals surface area contributed by atoms with Gasteiger partial charge in [0.1, 0.15) is 5.76 Å². The molecule has 0 aliphatic rings. The van der Waals surface area contributed by atoms with Crippen LogP contribution in [0.2, 0.25) is 0 Å². The molecule has 2 aromatic heterocycles. The molecule has 0 spiro atoms. The Morgan fingerprint density at radius 2 is 1.94 bits per heavy atom. The monoisotopic (exact) mass is 225 g/mol. The highest BCUT2D eigenvalue weighted by Gasteiger charge is 2.04. The third kappa shape index (κ3) is 2.10. The molecule has 0 bridgehead atoms. The van der Waals surface area contributed by atoms with Crippen molar-refractivity contribution in [3.63, 3.8) is 0 Å². The van der Waals surface area contributed by atoms with E-state index in [4.69, 9.17) is 4.52 Å². The number of para-hydroxylation sites is 1. The van der Waals surface area contributed by atoms with Crippen molar-refractivity contribution in [3.8, 4) is 5.69 Å². The standard InChI is InChI=1S/C13H11N3O/c1-2-4-12(5-3-1)16-9-7-11(15-16)10-13-6-8-14-17-13/h1-9H,10H2. The van der Waals surface area contributed by atoms with E-state index in [1.54, 1.807) is 6.20 Å². The van der Waals surface area contributed by atoms with Crippen LogP contribution in [0.3, 0.4) is 0 Å². The van der Waals surface area contributed by atoms with Crippen LogP contribution in [-0.4, -0.2) is 14.9 Å². The Morgan fingerprint density at radius 1 is 1.06 bits per heavy atom. The van der Waals surface area contributed by atoms with Crippen molar-refractivity contribution in [2.45, 2.75) is 6.42 Å². The van der Waals surface area contributed by atoms with E-state index in [2.05, 4.69) is 10.3 Å². The fourth-order valence-corrected chi connectivity index (χ4v) is 1.69. The van der Waals surface area contributed by atoms with Gasteiger partial charge >= 0.3 is 0 Å². The Kier molecular flexibility index (Phi) is 2.46. The molecule has 0 aliphatic carbocycles. The number of nitrogens with zero attached hydrogens (tertiary/aromatic N) is 3. The molecular formula is C13H11N3O. The lowest BCUT2D eigenvalue weighted by Crippen LogP contribution is -1.95. The van der Waals surface area contributed by atoms with Crippen molar-refractivity contribution in [1.29, 1.82) is 0 Å². The van der Waals surface area contributed by atoms with Crippen molar-refractivity contribution in [2.75, 3.05) is 0 Å². The van der Waals surface area contributed by atoms with Crippen molar-refractivity contribution >= 4 is 0 Å². The molecule has 1 aromatic carbocycles. The third-order valence-electron chi connectivity index (χ3n) is 2.51. The first kappa shape index (κ1) is 9.84. The van der Waals surface area contributed by atoms with E-state index in [9.17, 15) is 0 Å². The predicted octanol–water partition coefficient (Wildman–Crippen LogP) is 2.45. The molecule has 3 aromatic rings. The van der Waals surface area contributed by atoms with Gasteiger partial charge in [0, 0.05) is 12.3 Å². The Balaban J connectivity index is 1.84. The Labute approximate surface area is 98.5 Å². The Hall–Kier alpha value is -2.36. The fraction of sp³-hybridized carbons (Fsp3) is 0.0769. The quantitative estimate of drug-likeness (QED) is 0.687. The summed E-state index contributed by atoms with van der Waals surface area (Å²) in [6, 6.07) is 13.8. The van der Waals surface area contributed by atoms with Crippen molar-refractivity contribution in [3.05, 3.63) is 66.3 Å². The summed E-state index contributed by atoms with van der Waals surface area (Å²) in [6.07, 6.45) is 4.25. The maximum atomic E-state index is 5.05. The second-order valence-corrected chi connectivity index (χ2v) is 3.74. The minimum absolute atomic E-state index is 0.667. The molecule has 2 heterocycles. The highest BCUT2D eigenvalue weighted by molar-refractivity contribution is 5.30. The number of hydrogen-bond donors (Lipinski definition) is 0. The van der Waals surface area contributed by atoms with Gasteiger partial charge in [-0.3, -0.25) is 0 Å². The molecule has 4 heteroatoms. The molecule has 0 amide bonds. The van der Waals surface area contributed by atoms with Gasteiger partial charge in [0.15, 0.2) is 0 Å². The van der Waals surface area contributed by atoms with Crippen LogP contribution >= 0.6 is 0 Å². The molecule has 4 nitrogen and oxygen atoms in total. The van der Waals surface area contributed by atoms with E-state index in [1.165, 1.54) is 0 Å². The van der Waals surface area contributed by atoms with Crippen LogP contribution in [0.25, 0.3) is 5.69 Å². The summed E-state index contributed by atoms with van der Waals surface area (Å²) in [6.45, 7) is 0. The van der Waals surface area contributed by atoms with E-state index in [0.717, 1.165) is 17.1 Å². The normalized spacial score (nSPS) is 10.6. The van der Waals surface area contributed by atoms with Crippen molar-refractivity contribution < 1.29 is 4.52 Å². The Morgan fingerprint density at radius 3 is 2.71 bits per heavy atom. The van der Waals surface area contributed by atoms with Gasteiger partial charge in [0.05, 0.1) is 24.0 Å². The summed E-state index contributed by atoms with van der Waals surface area (Å²) in [5, 5.41) is 8.16. The third-order valence-corrected chi connectivity index (χ3v) is 2.51. The molecule has 0 N–H and O–H groups in total. The van der Waals surface area contributed by atoms with E-state index >= 15 is 0 Å². The number of aromatic nitrogens is 3. The topological polar surface area (TPSA) is 43.9 Å². The average molecular weight is 225 g/mol. The maximum absolute atomic E-state index is 5.05. The first-order chi connectivity index (χ1) is 8.42. The minimum atomic E-state index is 0.667. The van der Waals surface area contributed by atoms with Gasteiger partial charge in [-0.2, -0.15) is 5.10 Å². The first-order valence-electron chi connectivity index (χ1n) is 5.41. The molecule has 3 rings (SSSR count). The molecule has 17 heavy (non-hydrogen) atoms. The summed E-state index contributed by atoms with van der Waals surface area (Å²) in [5.41, 5.74) is 2.02. The molecule has 0 unspecified atom stereocenters. The molecule has 0 atom stereocenters. The van der Waals surface area contributed by atoms with Gasteiger partial charge in [0.25, 0.3) is 0 Å². The van der Waals surface area contributed by atoms with E-state index in [0.29, 0.717) is 6.42 Å². The summed E-state index contributed by atoms with van der Waals surface area (Å²) in [5.74, 6) is 0.823. The van der Waals surface area contributed by atoms with Crippen molar-refractivity contribution in [2.24, 2.45) is 0 Å². The molecule has 0 fully saturated rings. The van der Waals surface area contributed by atoms with Gasteiger partial charge < -0.3 is 4.52 Å². The van der Waals surface area contributed by atoms with Gasteiger partial charge in [-0.05, 0) is 18.2 Å². The largest absolute Gasteiger partial charge is 0.361 e. The highest BCUT2D eigenvalue weighted by Crippen LogP contribution is 2.10. The second-order valence-electron chi connectivity index (χ2n) is 3.74. The van der Waals surface area contributed by atoms with Crippen molar-refractivity contribution in [1.82, 2.24) is 14.9 Å². The summed E-state index contributed by atoms with van der Waals surface area (Å²) >= 11 is 0. The lowest BCUT2D eigenvalue weighted by molar-refractivity contribution is 0.388. The number of hydrogen-bond acceptors (Lipinski definition) is 3. The van der Waals surface area contributed by atoms with Crippen LogP contribution in [0, 0.1) is 0 Å². The first-order valence-corrected chi connectivity index (χ1v) is 5.41. The number of rotatable bonds is 3. The molecule has 0 aliphatic heterocycles. The van der Waals surface area contributed by atoms with Crippen LogP contribution in [0.15, 0.2) is 59.4 Å². The van der Waals surface area contributed by atoms with Crippen LogP contribution in [0.1, 0.15) is 11.5 Å². The maximum Gasteiger partial charge on any atom is 0.142 e. The van der Waals surface area contributed by atoms with Crippen LogP contribution < -0.4 is 0 Å². The lowest BCUT2D eigenvalue weighted by atomic mass is 10.2. The van der Waals surface area contributed by atoms with Gasteiger partial charge in [-0.1, -0.05) is 23.4 Å². The number of benzene rings is 1. The summed E-state index contributed by atoms with van der Waals surface area (Å²) < 4.78 is 6.91. The smallest absolute Gasteiger partial charge is 0.142 e. The molecule has 84 valence electrons. The zero-order valence-corrected chi connectivity index (χ0v) is 9.15. The van der Waals surface area contributed by atoms with Gasteiger partial charge in [0.2, 0.25) is 0 Å². The van der Waals surface area contributed by atoms with Gasteiger partial charge in [-0.15, -0.1) is 0 Å². The molecule has 0 saturated heterocycles. The molecule has 0 saturated carbocycles. The lowest BCUT2D eigenvalue weighted by Gasteiger charge is -1.99. The SMILES string of the molecule is c1ccc(-n2ccc(Cc3ccno3)n2)cc1. The minimum Gasteiger partial charge on any atom is -0.361 e. The molecule has 0 radical (unpaired) electrons. The highest BCUT2D eigenvalue weighted by atomic mass is 16.5. The molecular weight excluding hydrogens is 214 g/mol. The summed E-state index contributed by atoms with van der Waals surface area (Å²) in [7, 11) is 0. The zero-order valence-electron chi connectivity index (χ0n) is 9.15. The predicted molar refractivity (Wildman–Crippen MR) is 62.9 cm³/mol. The van der Waals surface area contributed by atoms with Crippen LogP contribution in [0.5, 0.6) is 0 Å². The van der Waals surface area contributed by atoms with E-state index in [-0.39, 0.29) is 0 Å². The summed E-state index contributed by atoms with van der Waals surface area (Å²) in [4.78, 5) is 0. The van der Waals surface area contributed by atoms with Gasteiger partial charge in [-0.25, -0.2) is 4.68 Å². The van der Waals surface area contributed by atoms with E-state index < -0.39 is 0 Å². The average Bonchev–Trinajstić information content (AvgIpc) is 3.02. The zero-order chi connectivity index (χ0) is 11.5. The fourth-order valence-electron chi connectivity index (χ4n) is 1.69. The van der Waals surface area contributed by atoms with Crippen LogP contribution in [0.4, 0.5) is 0 Å². The second kappa shape index (κ2) is 4.25. The van der Waals surface area contributed by atoms with E-state index in [1.807, 2.05) is 53.3 Å².